The van der Waals surface area contributed by atoms with E-state index in [0.717, 1.165) is 37.7 Å². The molecule has 0 aliphatic heterocycles. The normalized spacial score (nSPS) is 17.5. The topological polar surface area (TPSA) is 67.4 Å². The first-order chi connectivity index (χ1) is 11.7. The summed E-state index contributed by atoms with van der Waals surface area (Å²) in [6.45, 7) is 2.45. The third-order valence-electron chi connectivity index (χ3n) is 4.81. The van der Waals surface area contributed by atoms with Crippen molar-refractivity contribution in [1.29, 1.82) is 0 Å². The summed E-state index contributed by atoms with van der Waals surface area (Å²) in [7, 11) is 0. The van der Waals surface area contributed by atoms with Gasteiger partial charge in [-0.05, 0) is 44.6 Å². The van der Waals surface area contributed by atoms with Crippen LogP contribution >= 0.6 is 11.3 Å². The standard InChI is InChI=1S/C18H26N2O3S/c1-2-23-18(22)16-13-9-6-10-14(13)24-17(16)20-15(21)11-19-12-7-4-3-5-8-12/h12,19H,2-11H2,1H3,(H,20,21). The number of aryl methyl sites for hydroxylation is 1. The maximum absolute atomic E-state index is 12.3. The molecule has 1 fully saturated rings. The summed E-state index contributed by atoms with van der Waals surface area (Å²) < 4.78 is 5.19. The molecule has 2 aliphatic rings. The van der Waals surface area contributed by atoms with Crippen LogP contribution in [0.3, 0.4) is 0 Å². The Morgan fingerprint density at radius 3 is 2.71 bits per heavy atom. The highest BCUT2D eigenvalue weighted by atomic mass is 32.1. The Kier molecular flexibility index (Phi) is 5.89. The van der Waals surface area contributed by atoms with Crippen LogP contribution in [-0.4, -0.2) is 31.1 Å². The van der Waals surface area contributed by atoms with Crippen LogP contribution in [0, 0.1) is 0 Å². The van der Waals surface area contributed by atoms with Crippen molar-refractivity contribution < 1.29 is 14.3 Å². The van der Waals surface area contributed by atoms with Gasteiger partial charge in [0.15, 0.2) is 0 Å². The van der Waals surface area contributed by atoms with Gasteiger partial charge in [0.1, 0.15) is 5.00 Å². The SMILES string of the molecule is CCOC(=O)c1c(NC(=O)CNC2CCCCC2)sc2c1CCC2. The van der Waals surface area contributed by atoms with Gasteiger partial charge in [0.2, 0.25) is 5.91 Å². The molecule has 1 saturated carbocycles. The maximum Gasteiger partial charge on any atom is 0.341 e. The van der Waals surface area contributed by atoms with Gasteiger partial charge < -0.3 is 15.4 Å². The fourth-order valence-electron chi connectivity index (χ4n) is 3.63. The minimum absolute atomic E-state index is 0.0777. The van der Waals surface area contributed by atoms with Gasteiger partial charge in [0, 0.05) is 10.9 Å². The number of rotatable bonds is 6. The largest absolute Gasteiger partial charge is 0.462 e. The number of thiophene rings is 1. The quantitative estimate of drug-likeness (QED) is 0.773. The molecule has 1 heterocycles. The zero-order valence-corrected chi connectivity index (χ0v) is 15.1. The predicted molar refractivity (Wildman–Crippen MR) is 95.8 cm³/mol. The zero-order valence-electron chi connectivity index (χ0n) is 14.3. The average molecular weight is 350 g/mol. The Labute approximate surface area is 147 Å². The van der Waals surface area contributed by atoms with Gasteiger partial charge >= 0.3 is 5.97 Å². The summed E-state index contributed by atoms with van der Waals surface area (Å²) in [5, 5.41) is 6.94. The highest BCUT2D eigenvalue weighted by Gasteiger charge is 2.28. The van der Waals surface area contributed by atoms with Crippen molar-refractivity contribution in [3.63, 3.8) is 0 Å². The first-order valence-electron chi connectivity index (χ1n) is 9.04. The van der Waals surface area contributed by atoms with Crippen LogP contribution in [0.15, 0.2) is 0 Å². The lowest BCUT2D eigenvalue weighted by Gasteiger charge is -2.22. The third-order valence-corrected chi connectivity index (χ3v) is 6.02. The molecule has 24 heavy (non-hydrogen) atoms. The van der Waals surface area contributed by atoms with Crippen LogP contribution in [0.25, 0.3) is 0 Å². The fourth-order valence-corrected chi connectivity index (χ4v) is 4.92. The number of esters is 1. The average Bonchev–Trinajstić information content (AvgIpc) is 3.14. The van der Waals surface area contributed by atoms with Crippen LogP contribution in [-0.2, 0) is 22.4 Å². The third kappa shape index (κ3) is 3.98. The Morgan fingerprint density at radius 2 is 1.96 bits per heavy atom. The van der Waals surface area contributed by atoms with Crippen molar-refractivity contribution in [2.75, 3.05) is 18.5 Å². The Morgan fingerprint density at radius 1 is 1.17 bits per heavy atom. The van der Waals surface area contributed by atoms with E-state index < -0.39 is 0 Å². The Hall–Kier alpha value is -1.40. The Balaban J connectivity index is 1.63. The second-order valence-corrected chi connectivity index (χ2v) is 7.65. The molecule has 0 atom stereocenters. The number of fused-ring (bicyclic) bond motifs is 1. The number of carbonyl (C=O) groups is 2. The summed E-state index contributed by atoms with van der Waals surface area (Å²) in [6, 6.07) is 0.447. The van der Waals surface area contributed by atoms with Crippen LogP contribution in [0.2, 0.25) is 0 Å². The van der Waals surface area contributed by atoms with Gasteiger partial charge in [-0.2, -0.15) is 0 Å². The molecule has 2 N–H and O–H groups in total. The van der Waals surface area contributed by atoms with Crippen molar-refractivity contribution in [1.82, 2.24) is 5.32 Å². The molecule has 5 nitrogen and oxygen atoms in total. The first kappa shape index (κ1) is 17.4. The molecule has 1 aromatic rings. The number of hydrogen-bond acceptors (Lipinski definition) is 5. The molecular formula is C18H26N2O3S. The summed E-state index contributed by atoms with van der Waals surface area (Å²) in [6.07, 6.45) is 9.04. The number of ether oxygens (including phenoxy) is 1. The number of amides is 1. The van der Waals surface area contributed by atoms with E-state index >= 15 is 0 Å². The van der Waals surface area contributed by atoms with Gasteiger partial charge in [-0.3, -0.25) is 4.79 Å². The molecule has 1 amide bonds. The van der Waals surface area contributed by atoms with Crippen LogP contribution in [0.1, 0.15) is 66.2 Å². The molecule has 6 heteroatoms. The molecule has 0 bridgehead atoms. The van der Waals surface area contributed by atoms with Gasteiger partial charge in [-0.1, -0.05) is 19.3 Å². The maximum atomic E-state index is 12.3. The summed E-state index contributed by atoms with van der Waals surface area (Å²) in [4.78, 5) is 25.8. The molecule has 132 valence electrons. The van der Waals surface area contributed by atoms with Gasteiger partial charge in [0.05, 0.1) is 18.7 Å². The van der Waals surface area contributed by atoms with Gasteiger partial charge in [-0.25, -0.2) is 4.79 Å². The van der Waals surface area contributed by atoms with Crippen molar-refractivity contribution in [2.24, 2.45) is 0 Å². The highest BCUT2D eigenvalue weighted by molar-refractivity contribution is 7.17. The van der Waals surface area contributed by atoms with Crippen molar-refractivity contribution >= 4 is 28.2 Å². The molecule has 0 aromatic carbocycles. The number of carbonyl (C=O) groups excluding carboxylic acids is 2. The first-order valence-corrected chi connectivity index (χ1v) is 9.85. The van der Waals surface area contributed by atoms with E-state index in [0.29, 0.717) is 29.8 Å². The number of hydrogen-bond donors (Lipinski definition) is 2. The van der Waals surface area contributed by atoms with Crippen molar-refractivity contribution in [3.05, 3.63) is 16.0 Å². The second kappa shape index (κ2) is 8.12. The van der Waals surface area contributed by atoms with Crippen LogP contribution in [0.5, 0.6) is 0 Å². The molecular weight excluding hydrogens is 324 g/mol. The van der Waals surface area contributed by atoms with E-state index in [4.69, 9.17) is 4.74 Å². The van der Waals surface area contributed by atoms with E-state index in [-0.39, 0.29) is 11.9 Å². The predicted octanol–water partition coefficient (Wildman–Crippen LogP) is 3.27. The molecule has 0 radical (unpaired) electrons. The molecule has 2 aliphatic carbocycles. The van der Waals surface area contributed by atoms with E-state index in [9.17, 15) is 9.59 Å². The minimum atomic E-state index is -0.313. The van der Waals surface area contributed by atoms with E-state index in [1.165, 1.54) is 35.5 Å². The minimum Gasteiger partial charge on any atom is -0.462 e. The smallest absolute Gasteiger partial charge is 0.341 e. The molecule has 0 unspecified atom stereocenters. The summed E-state index contributed by atoms with van der Waals surface area (Å²) in [5.41, 5.74) is 1.66. The zero-order chi connectivity index (χ0) is 16.9. The molecule has 0 spiro atoms. The lowest BCUT2D eigenvalue weighted by atomic mass is 9.95. The molecule has 1 aromatic heterocycles. The molecule has 0 saturated heterocycles. The Bertz CT molecular complexity index is 606. The van der Waals surface area contributed by atoms with E-state index in [2.05, 4.69) is 10.6 Å². The lowest BCUT2D eigenvalue weighted by molar-refractivity contribution is -0.115. The number of nitrogens with one attached hydrogen (secondary N) is 2. The molecule has 3 rings (SSSR count). The van der Waals surface area contributed by atoms with Crippen molar-refractivity contribution in [3.8, 4) is 0 Å². The van der Waals surface area contributed by atoms with E-state index in [1.54, 1.807) is 6.92 Å². The van der Waals surface area contributed by atoms with Crippen LogP contribution < -0.4 is 10.6 Å². The fraction of sp³-hybridized carbons (Fsp3) is 0.667. The summed E-state index contributed by atoms with van der Waals surface area (Å²) in [5.74, 6) is -0.390. The van der Waals surface area contributed by atoms with Gasteiger partial charge in [-0.15, -0.1) is 11.3 Å². The van der Waals surface area contributed by atoms with Crippen LogP contribution in [0.4, 0.5) is 5.00 Å². The summed E-state index contributed by atoms with van der Waals surface area (Å²) >= 11 is 1.53. The monoisotopic (exact) mass is 350 g/mol. The van der Waals surface area contributed by atoms with E-state index in [1.807, 2.05) is 0 Å². The van der Waals surface area contributed by atoms with Gasteiger partial charge in [0.25, 0.3) is 0 Å². The number of anilines is 1. The van der Waals surface area contributed by atoms with Crippen molar-refractivity contribution in [2.45, 2.75) is 64.3 Å². The lowest BCUT2D eigenvalue weighted by Crippen LogP contribution is -2.37. The second-order valence-electron chi connectivity index (χ2n) is 6.55. The highest BCUT2D eigenvalue weighted by Crippen LogP contribution is 2.39.